The van der Waals surface area contributed by atoms with Crippen LogP contribution in [0.15, 0.2) is 23.1 Å². The van der Waals surface area contributed by atoms with Crippen LogP contribution in [-0.4, -0.2) is 24.2 Å². The summed E-state index contributed by atoms with van der Waals surface area (Å²) in [5.74, 6) is -4.50. The molecule has 2 rings (SSSR count). The number of benzene rings is 1. The Morgan fingerprint density at radius 3 is 2.33 bits per heavy atom. The number of rotatable bonds is 3. The van der Waals surface area contributed by atoms with E-state index in [9.17, 15) is 22.0 Å². The van der Waals surface area contributed by atoms with Crippen LogP contribution in [0.4, 0.5) is 8.78 Å². The number of carboxylic acids is 1. The Kier molecular flexibility index (Phi) is 2.69. The molecule has 0 radical (unpaired) electrons. The number of carboxylic acid groups (broad SMARTS) is 1. The first-order chi connectivity index (χ1) is 8.23. The third-order valence-corrected chi connectivity index (χ3v) is 5.87. The molecule has 0 spiro atoms. The van der Waals surface area contributed by atoms with E-state index in [0.29, 0.717) is 12.1 Å². The minimum Gasteiger partial charge on any atom is -0.480 e. The molecule has 0 aliphatic heterocycles. The van der Waals surface area contributed by atoms with Crippen molar-refractivity contribution in [3.8, 4) is 0 Å². The van der Waals surface area contributed by atoms with Gasteiger partial charge in [-0.15, -0.1) is 0 Å². The third-order valence-electron chi connectivity index (χ3n) is 3.29. The van der Waals surface area contributed by atoms with Gasteiger partial charge in [0.05, 0.1) is 4.90 Å². The van der Waals surface area contributed by atoms with Gasteiger partial charge in [0.2, 0.25) is 0 Å². The first-order valence-corrected chi connectivity index (χ1v) is 6.65. The maximum Gasteiger partial charge on any atom is 0.325 e. The molecule has 1 N–H and O–H groups in total. The second-order valence-corrected chi connectivity index (χ2v) is 6.59. The number of carbonyl (C=O) groups is 1. The summed E-state index contributed by atoms with van der Waals surface area (Å²) < 4.78 is 48.2. The highest BCUT2D eigenvalue weighted by molar-refractivity contribution is 7.94. The van der Waals surface area contributed by atoms with E-state index in [1.54, 1.807) is 0 Å². The molecular weight excluding hydrogens is 266 g/mol. The van der Waals surface area contributed by atoms with Crippen molar-refractivity contribution in [2.45, 2.75) is 23.0 Å². The van der Waals surface area contributed by atoms with Gasteiger partial charge >= 0.3 is 5.97 Å². The van der Waals surface area contributed by atoms with E-state index in [2.05, 4.69) is 0 Å². The molecule has 2 unspecified atom stereocenters. The van der Waals surface area contributed by atoms with Crippen LogP contribution < -0.4 is 0 Å². The highest BCUT2D eigenvalue weighted by Gasteiger charge is 2.67. The molecule has 1 aromatic rings. The number of sulfone groups is 1. The standard InChI is InChI=1S/C11H10F2O4S/c1-6-5-11(6,10(14)15)18(16,17)7-2-3-8(12)9(13)4-7/h2-4,6H,5H2,1H3,(H,14,15). The number of halogens is 2. The molecule has 2 atom stereocenters. The lowest BCUT2D eigenvalue weighted by Gasteiger charge is -2.13. The van der Waals surface area contributed by atoms with Gasteiger partial charge < -0.3 is 5.11 Å². The summed E-state index contributed by atoms with van der Waals surface area (Å²) in [6, 6.07) is 2.06. The van der Waals surface area contributed by atoms with Gasteiger partial charge in [0, 0.05) is 0 Å². The lowest BCUT2D eigenvalue weighted by Crippen LogP contribution is -2.34. The maximum atomic E-state index is 13.0. The molecule has 1 fully saturated rings. The largest absolute Gasteiger partial charge is 0.480 e. The molecule has 7 heteroatoms. The lowest BCUT2D eigenvalue weighted by atomic mass is 10.3. The molecule has 0 bridgehead atoms. The van der Waals surface area contributed by atoms with Crippen molar-refractivity contribution >= 4 is 15.8 Å². The molecule has 1 aliphatic rings. The Balaban J connectivity index is 2.56. The Bertz CT molecular complexity index is 626. The predicted molar refractivity (Wildman–Crippen MR) is 57.7 cm³/mol. The molecule has 1 saturated carbocycles. The van der Waals surface area contributed by atoms with Crippen LogP contribution in [0.1, 0.15) is 13.3 Å². The second-order valence-electron chi connectivity index (χ2n) is 4.38. The molecule has 0 aromatic heterocycles. The summed E-state index contributed by atoms with van der Waals surface area (Å²) in [6.45, 7) is 1.49. The summed E-state index contributed by atoms with van der Waals surface area (Å²) in [5, 5.41) is 9.05. The average Bonchev–Trinajstić information content (AvgIpc) is 2.96. The molecule has 0 saturated heterocycles. The Labute approximate surface area is 102 Å². The van der Waals surface area contributed by atoms with Crippen molar-refractivity contribution in [2.75, 3.05) is 0 Å². The van der Waals surface area contributed by atoms with Crippen LogP contribution in [0.25, 0.3) is 0 Å². The van der Waals surface area contributed by atoms with Gasteiger partial charge in [0.15, 0.2) is 26.2 Å². The van der Waals surface area contributed by atoms with Crippen molar-refractivity contribution < 1.29 is 27.1 Å². The SMILES string of the molecule is CC1CC1(C(=O)O)S(=O)(=O)c1ccc(F)c(F)c1. The zero-order chi connectivity index (χ0) is 13.7. The van der Waals surface area contributed by atoms with Gasteiger partial charge in [-0.3, -0.25) is 4.79 Å². The second kappa shape index (κ2) is 3.74. The lowest BCUT2D eigenvalue weighted by molar-refractivity contribution is -0.137. The van der Waals surface area contributed by atoms with Crippen molar-refractivity contribution in [1.29, 1.82) is 0 Å². The molecule has 1 aliphatic carbocycles. The van der Waals surface area contributed by atoms with Gasteiger partial charge in [-0.05, 0) is 30.5 Å². The van der Waals surface area contributed by atoms with Crippen molar-refractivity contribution in [1.82, 2.24) is 0 Å². The van der Waals surface area contributed by atoms with Gasteiger partial charge in [0.1, 0.15) is 0 Å². The smallest absolute Gasteiger partial charge is 0.325 e. The Hall–Kier alpha value is -1.50. The summed E-state index contributed by atoms with van der Waals surface area (Å²) in [5.41, 5.74) is 0. The predicted octanol–water partition coefficient (Wildman–Crippen LogP) is 1.60. The molecule has 98 valence electrons. The van der Waals surface area contributed by atoms with E-state index in [1.807, 2.05) is 0 Å². The highest BCUT2D eigenvalue weighted by Crippen LogP contribution is 2.52. The minimum absolute atomic E-state index is 0.0241. The molecular formula is C11H10F2O4S. The number of hydrogen-bond acceptors (Lipinski definition) is 3. The van der Waals surface area contributed by atoms with Gasteiger partial charge in [-0.1, -0.05) is 6.92 Å². The maximum absolute atomic E-state index is 13.0. The van der Waals surface area contributed by atoms with Crippen molar-refractivity contribution in [2.24, 2.45) is 5.92 Å². The summed E-state index contributed by atoms with van der Waals surface area (Å²) in [4.78, 5) is 10.6. The summed E-state index contributed by atoms with van der Waals surface area (Å²) >= 11 is 0. The van der Waals surface area contributed by atoms with Gasteiger partial charge in [-0.2, -0.15) is 0 Å². The van der Waals surface area contributed by atoms with E-state index >= 15 is 0 Å². The monoisotopic (exact) mass is 276 g/mol. The van der Waals surface area contributed by atoms with Crippen LogP contribution in [0, 0.1) is 17.6 Å². The number of aliphatic carboxylic acids is 1. The van der Waals surface area contributed by atoms with E-state index in [4.69, 9.17) is 5.11 Å². The molecule has 4 nitrogen and oxygen atoms in total. The van der Waals surface area contributed by atoms with E-state index < -0.39 is 43.0 Å². The zero-order valence-corrected chi connectivity index (χ0v) is 10.2. The van der Waals surface area contributed by atoms with Gasteiger partial charge in [-0.25, -0.2) is 17.2 Å². The van der Waals surface area contributed by atoms with E-state index in [1.165, 1.54) is 6.92 Å². The van der Waals surface area contributed by atoms with Gasteiger partial charge in [0.25, 0.3) is 0 Å². The molecule has 18 heavy (non-hydrogen) atoms. The Morgan fingerprint density at radius 2 is 1.94 bits per heavy atom. The molecule has 0 amide bonds. The Morgan fingerprint density at radius 1 is 1.39 bits per heavy atom. The fraction of sp³-hybridized carbons (Fsp3) is 0.364. The first kappa shape index (κ1) is 12.9. The van der Waals surface area contributed by atoms with Crippen molar-refractivity contribution in [3.05, 3.63) is 29.8 Å². The van der Waals surface area contributed by atoms with Crippen LogP contribution >= 0.6 is 0 Å². The summed E-state index contributed by atoms with van der Waals surface area (Å²) in [7, 11) is -4.22. The van der Waals surface area contributed by atoms with Crippen LogP contribution in [0.2, 0.25) is 0 Å². The average molecular weight is 276 g/mol. The zero-order valence-electron chi connectivity index (χ0n) is 9.35. The van der Waals surface area contributed by atoms with Crippen molar-refractivity contribution in [3.63, 3.8) is 0 Å². The highest BCUT2D eigenvalue weighted by atomic mass is 32.2. The first-order valence-electron chi connectivity index (χ1n) is 5.16. The normalized spacial score (nSPS) is 26.9. The van der Waals surface area contributed by atoms with E-state index in [0.717, 1.165) is 6.07 Å². The number of hydrogen-bond donors (Lipinski definition) is 1. The van der Waals surface area contributed by atoms with Crippen LogP contribution in [-0.2, 0) is 14.6 Å². The fourth-order valence-electron chi connectivity index (χ4n) is 2.04. The third kappa shape index (κ3) is 1.53. The fourth-order valence-corrected chi connectivity index (χ4v) is 4.19. The molecule has 1 aromatic carbocycles. The summed E-state index contributed by atoms with van der Waals surface area (Å²) in [6.07, 6.45) is -0.0241. The van der Waals surface area contributed by atoms with E-state index in [-0.39, 0.29) is 6.42 Å². The minimum atomic E-state index is -4.22. The molecule has 0 heterocycles. The van der Waals surface area contributed by atoms with Crippen LogP contribution in [0.5, 0.6) is 0 Å². The van der Waals surface area contributed by atoms with Crippen LogP contribution in [0.3, 0.4) is 0 Å². The quantitative estimate of drug-likeness (QED) is 0.851. The topological polar surface area (TPSA) is 71.4 Å².